The van der Waals surface area contributed by atoms with E-state index in [0.717, 1.165) is 34.7 Å². The third-order valence-electron chi connectivity index (χ3n) is 7.87. The van der Waals surface area contributed by atoms with Crippen molar-refractivity contribution in [3.63, 3.8) is 0 Å². The van der Waals surface area contributed by atoms with Crippen LogP contribution in [-0.4, -0.2) is 70.8 Å². The Morgan fingerprint density at radius 2 is 2.05 bits per heavy atom. The topological polar surface area (TPSA) is 117 Å². The molecule has 2 fully saturated rings. The summed E-state index contributed by atoms with van der Waals surface area (Å²) in [6, 6.07) is 7.00. The van der Waals surface area contributed by atoms with Crippen molar-refractivity contribution < 1.29 is 23.8 Å². The molecule has 0 bridgehead atoms. The van der Waals surface area contributed by atoms with E-state index in [0.29, 0.717) is 30.3 Å². The highest BCUT2D eigenvalue weighted by molar-refractivity contribution is 7.22. The molecule has 1 saturated heterocycles. The molecular weight excluding hydrogens is 549 g/mol. The molecular formula is C29H30FN5O5S. The molecule has 1 aliphatic heterocycles. The Morgan fingerprint density at radius 1 is 1.27 bits per heavy atom. The van der Waals surface area contributed by atoms with E-state index < -0.39 is 17.2 Å². The number of amides is 1. The second-order valence-corrected chi connectivity index (χ2v) is 11.7. The second kappa shape index (κ2) is 10.4. The van der Waals surface area contributed by atoms with Crippen molar-refractivity contribution in [2.24, 2.45) is 0 Å². The Balaban J connectivity index is 1.24. The number of aromatic carboxylic acids is 1. The van der Waals surface area contributed by atoms with E-state index in [1.54, 1.807) is 4.57 Å². The van der Waals surface area contributed by atoms with Gasteiger partial charge < -0.3 is 24.6 Å². The van der Waals surface area contributed by atoms with Crippen molar-refractivity contribution in [2.75, 3.05) is 43.5 Å². The summed E-state index contributed by atoms with van der Waals surface area (Å²) in [7, 11) is 1.43. The lowest BCUT2D eigenvalue weighted by Gasteiger charge is -2.41. The fourth-order valence-electron chi connectivity index (χ4n) is 5.64. The van der Waals surface area contributed by atoms with Gasteiger partial charge in [-0.05, 0) is 44.4 Å². The summed E-state index contributed by atoms with van der Waals surface area (Å²) < 4.78 is 24.2. The zero-order chi connectivity index (χ0) is 29.0. The van der Waals surface area contributed by atoms with Gasteiger partial charge in [0.05, 0.1) is 34.8 Å². The lowest BCUT2D eigenvalue weighted by molar-refractivity contribution is -0.117. The van der Waals surface area contributed by atoms with E-state index in [-0.39, 0.29) is 46.9 Å². The molecule has 2 aliphatic rings. The van der Waals surface area contributed by atoms with Crippen molar-refractivity contribution in [3.8, 4) is 5.75 Å². The molecule has 12 heteroatoms. The van der Waals surface area contributed by atoms with Crippen LogP contribution in [0.4, 0.5) is 15.2 Å². The van der Waals surface area contributed by atoms with Crippen LogP contribution in [-0.2, 0) is 4.79 Å². The maximum absolute atomic E-state index is 15.7. The van der Waals surface area contributed by atoms with Gasteiger partial charge in [0.25, 0.3) is 0 Å². The van der Waals surface area contributed by atoms with Gasteiger partial charge in [0.1, 0.15) is 11.3 Å². The number of halogens is 1. The number of anilines is 2. The molecule has 1 saturated carbocycles. The van der Waals surface area contributed by atoms with E-state index in [9.17, 15) is 19.5 Å². The summed E-state index contributed by atoms with van der Waals surface area (Å²) in [6.07, 6.45) is 3.02. The summed E-state index contributed by atoms with van der Waals surface area (Å²) in [5, 5.41) is 13.0. The van der Waals surface area contributed by atoms with Crippen LogP contribution in [0.2, 0.25) is 0 Å². The number of carboxylic acid groups (broad SMARTS) is 1. The number of piperazine rings is 1. The zero-order valence-corrected chi connectivity index (χ0v) is 23.8. The highest BCUT2D eigenvalue weighted by Gasteiger charge is 2.33. The Kier molecular flexibility index (Phi) is 6.90. The van der Waals surface area contributed by atoms with Crippen LogP contribution >= 0.6 is 11.3 Å². The van der Waals surface area contributed by atoms with Crippen LogP contribution in [0.3, 0.4) is 0 Å². The molecule has 0 radical (unpaired) electrons. The smallest absolute Gasteiger partial charge is 0.341 e. The van der Waals surface area contributed by atoms with Crippen molar-refractivity contribution in [2.45, 2.75) is 38.8 Å². The summed E-state index contributed by atoms with van der Waals surface area (Å²) in [5.41, 5.74) is 1.45. The SMILES string of the molecule is COc1c(N2CCN(CC(=O)Nc3nc4c(C)cccc4s3)C(C)C2)c(F)cc2c(=O)c(C(=O)O)cn(C3CC3)c12. The standard InChI is InChI=1S/C29H30FN5O5S/c1-15-5-4-6-21-23(15)32-29(41-21)31-22(36)14-33-9-10-34(12-16(33)2)25-20(30)11-18-24(27(25)40-3)35(17-7-8-17)13-19(26(18)37)28(38)39/h4-6,11,13,16-17H,7-10,12,14H2,1-3H3,(H,38,39)(H,31,32,36). The molecule has 2 N–H and O–H groups in total. The average molecular weight is 580 g/mol. The van der Waals surface area contributed by atoms with Crippen molar-refractivity contribution in [1.29, 1.82) is 0 Å². The first-order valence-electron chi connectivity index (χ1n) is 13.5. The molecule has 1 unspecified atom stereocenters. The van der Waals surface area contributed by atoms with Gasteiger partial charge in [-0.15, -0.1) is 0 Å². The number of rotatable bonds is 7. The van der Waals surface area contributed by atoms with Gasteiger partial charge in [-0.1, -0.05) is 23.5 Å². The fraction of sp³-hybridized carbons (Fsp3) is 0.379. The molecule has 6 rings (SSSR count). The van der Waals surface area contributed by atoms with Crippen LogP contribution in [0.25, 0.3) is 21.1 Å². The first-order valence-corrected chi connectivity index (χ1v) is 14.3. The molecule has 41 heavy (non-hydrogen) atoms. The normalized spacial score (nSPS) is 17.8. The molecule has 2 aromatic carbocycles. The summed E-state index contributed by atoms with van der Waals surface area (Å²) in [4.78, 5) is 46.1. The van der Waals surface area contributed by atoms with Gasteiger partial charge in [-0.3, -0.25) is 14.5 Å². The quantitative estimate of drug-likeness (QED) is 0.334. The van der Waals surface area contributed by atoms with E-state index >= 15 is 4.39 Å². The maximum atomic E-state index is 15.7. The third-order valence-corrected chi connectivity index (χ3v) is 8.80. The number of carbonyl (C=O) groups excluding carboxylic acids is 1. The summed E-state index contributed by atoms with van der Waals surface area (Å²) >= 11 is 1.44. The van der Waals surface area contributed by atoms with Crippen LogP contribution in [0.5, 0.6) is 5.75 Å². The number of carboxylic acids is 1. The number of hydrogen-bond donors (Lipinski definition) is 2. The first-order chi connectivity index (χ1) is 19.7. The van der Waals surface area contributed by atoms with Gasteiger partial charge in [0.15, 0.2) is 16.7 Å². The van der Waals surface area contributed by atoms with Crippen LogP contribution in [0, 0.1) is 12.7 Å². The lowest BCUT2D eigenvalue weighted by Crippen LogP contribution is -2.54. The van der Waals surface area contributed by atoms with Crippen molar-refractivity contribution >= 4 is 55.2 Å². The molecule has 214 valence electrons. The number of aryl methyl sites for hydroxylation is 1. The number of pyridine rings is 1. The Morgan fingerprint density at radius 3 is 2.71 bits per heavy atom. The monoisotopic (exact) mass is 579 g/mol. The van der Waals surface area contributed by atoms with Gasteiger partial charge in [0, 0.05) is 37.9 Å². The van der Waals surface area contributed by atoms with E-state index in [1.165, 1.54) is 24.6 Å². The van der Waals surface area contributed by atoms with E-state index in [4.69, 9.17) is 4.74 Å². The maximum Gasteiger partial charge on any atom is 0.341 e. The molecule has 3 heterocycles. The summed E-state index contributed by atoms with van der Waals surface area (Å²) in [6.45, 7) is 5.48. The Hall–Kier alpha value is -4.03. The number of nitrogens with zero attached hydrogens (tertiary/aromatic N) is 4. The number of methoxy groups -OCH3 is 1. The van der Waals surface area contributed by atoms with E-state index in [1.807, 2.05) is 41.8 Å². The van der Waals surface area contributed by atoms with Gasteiger partial charge in [0.2, 0.25) is 11.3 Å². The predicted molar refractivity (Wildman–Crippen MR) is 156 cm³/mol. The molecule has 1 atom stereocenters. The Labute approximate surface area is 239 Å². The number of fused-ring (bicyclic) bond motifs is 2. The third kappa shape index (κ3) is 4.91. The minimum Gasteiger partial charge on any atom is -0.492 e. The fourth-order valence-corrected chi connectivity index (χ4v) is 6.60. The van der Waals surface area contributed by atoms with Gasteiger partial charge in [-0.25, -0.2) is 14.2 Å². The first kappa shape index (κ1) is 27.2. The van der Waals surface area contributed by atoms with Crippen LogP contribution < -0.4 is 20.4 Å². The minimum atomic E-state index is -1.35. The molecule has 1 aliphatic carbocycles. The average Bonchev–Trinajstić information content (AvgIpc) is 3.69. The van der Waals surface area contributed by atoms with Crippen LogP contribution in [0.1, 0.15) is 41.7 Å². The molecule has 4 aromatic rings. The number of thiazole rings is 1. The lowest BCUT2D eigenvalue weighted by atomic mass is 10.1. The predicted octanol–water partition coefficient (Wildman–Crippen LogP) is 4.25. The molecule has 1 amide bonds. The number of benzene rings is 2. The van der Waals surface area contributed by atoms with Crippen molar-refractivity contribution in [1.82, 2.24) is 14.5 Å². The summed E-state index contributed by atoms with van der Waals surface area (Å²) in [5.74, 6) is -1.95. The highest BCUT2D eigenvalue weighted by Crippen LogP contribution is 2.44. The van der Waals surface area contributed by atoms with E-state index in [2.05, 4.69) is 10.3 Å². The number of hydrogen-bond acceptors (Lipinski definition) is 8. The number of para-hydroxylation sites is 1. The zero-order valence-electron chi connectivity index (χ0n) is 22.9. The number of ether oxygens (including phenoxy) is 1. The number of nitrogens with one attached hydrogen (secondary N) is 1. The highest BCUT2D eigenvalue weighted by atomic mass is 32.1. The van der Waals surface area contributed by atoms with Gasteiger partial charge in [-0.2, -0.15) is 0 Å². The Bertz CT molecular complexity index is 1760. The number of carbonyl (C=O) groups is 2. The van der Waals surface area contributed by atoms with Gasteiger partial charge >= 0.3 is 5.97 Å². The minimum absolute atomic E-state index is 0.0108. The largest absolute Gasteiger partial charge is 0.492 e. The number of aromatic nitrogens is 2. The molecule has 10 nitrogen and oxygen atoms in total. The van der Waals surface area contributed by atoms with Crippen LogP contribution in [0.15, 0.2) is 35.3 Å². The van der Waals surface area contributed by atoms with Crippen molar-refractivity contribution in [3.05, 3.63) is 57.6 Å². The molecule has 2 aromatic heterocycles. The molecule has 0 spiro atoms. The second-order valence-electron chi connectivity index (χ2n) is 10.7.